The third-order valence-corrected chi connectivity index (χ3v) is 6.46. The average molecular weight is 468 g/mol. The molecule has 2 aliphatic rings. The first kappa shape index (κ1) is 23.9. The van der Waals surface area contributed by atoms with Crippen molar-refractivity contribution in [2.45, 2.75) is 31.7 Å². The van der Waals surface area contributed by atoms with E-state index in [4.69, 9.17) is 14.2 Å². The van der Waals surface area contributed by atoms with Crippen molar-refractivity contribution in [1.82, 2.24) is 9.80 Å². The molecule has 0 aromatic heterocycles. The molecule has 1 unspecified atom stereocenters. The van der Waals surface area contributed by atoms with E-state index >= 15 is 0 Å². The van der Waals surface area contributed by atoms with Crippen LogP contribution < -0.4 is 19.5 Å². The van der Waals surface area contributed by atoms with Gasteiger partial charge in [-0.1, -0.05) is 12.1 Å². The highest BCUT2D eigenvalue weighted by atomic mass is 16.5. The van der Waals surface area contributed by atoms with Crippen LogP contribution in [0.25, 0.3) is 0 Å². The van der Waals surface area contributed by atoms with Crippen molar-refractivity contribution in [2.24, 2.45) is 0 Å². The fourth-order valence-corrected chi connectivity index (χ4v) is 4.72. The predicted octanol–water partition coefficient (Wildman–Crippen LogP) is 3.42. The average Bonchev–Trinajstić information content (AvgIpc) is 3.55. The summed E-state index contributed by atoms with van der Waals surface area (Å²) in [5, 5.41) is 2.78. The topological polar surface area (TPSA) is 80.3 Å². The summed E-state index contributed by atoms with van der Waals surface area (Å²) in [4.78, 5) is 30.1. The Bertz CT molecular complexity index is 1010. The van der Waals surface area contributed by atoms with Gasteiger partial charge in [-0.2, -0.15) is 0 Å². The number of anilines is 1. The van der Waals surface area contributed by atoms with Crippen LogP contribution in [0.15, 0.2) is 42.5 Å². The first-order chi connectivity index (χ1) is 16.6. The molecule has 182 valence electrons. The lowest BCUT2D eigenvalue weighted by atomic mass is 10.1. The van der Waals surface area contributed by atoms with Crippen molar-refractivity contribution >= 4 is 17.5 Å². The molecule has 2 heterocycles. The normalized spacial score (nSPS) is 18.1. The Morgan fingerprint density at radius 3 is 2.47 bits per heavy atom. The van der Waals surface area contributed by atoms with Crippen LogP contribution in [0.3, 0.4) is 0 Å². The van der Waals surface area contributed by atoms with Crippen molar-refractivity contribution < 1.29 is 23.8 Å². The molecule has 0 saturated carbocycles. The van der Waals surface area contributed by atoms with Crippen LogP contribution in [0.4, 0.5) is 5.69 Å². The third-order valence-electron chi connectivity index (χ3n) is 6.46. The number of hydrogen-bond acceptors (Lipinski definition) is 6. The Labute approximate surface area is 200 Å². The lowest BCUT2D eigenvalue weighted by Gasteiger charge is -2.28. The van der Waals surface area contributed by atoms with Crippen LogP contribution in [0.1, 0.15) is 36.0 Å². The maximum atomic E-state index is 13.3. The summed E-state index contributed by atoms with van der Waals surface area (Å²) in [7, 11) is 3.07. The number of nitrogens with one attached hydrogen (secondary N) is 1. The van der Waals surface area contributed by atoms with E-state index in [2.05, 4.69) is 10.2 Å². The van der Waals surface area contributed by atoms with E-state index in [9.17, 15) is 9.59 Å². The van der Waals surface area contributed by atoms with Gasteiger partial charge in [0.25, 0.3) is 11.8 Å². The van der Waals surface area contributed by atoms with Gasteiger partial charge in [-0.25, -0.2) is 0 Å². The molecule has 0 spiro atoms. The number of para-hydroxylation sites is 2. The molecule has 2 aromatic carbocycles. The van der Waals surface area contributed by atoms with Gasteiger partial charge in [0.05, 0.1) is 19.9 Å². The zero-order valence-corrected chi connectivity index (χ0v) is 19.9. The van der Waals surface area contributed by atoms with E-state index in [0.717, 1.165) is 39.0 Å². The minimum atomic E-state index is -0.325. The maximum Gasteiger partial charge on any atom is 0.262 e. The molecule has 2 fully saturated rings. The second-order valence-electron chi connectivity index (χ2n) is 8.71. The number of likely N-dealkylation sites (tertiary alicyclic amines) is 2. The largest absolute Gasteiger partial charge is 0.495 e. The van der Waals surface area contributed by atoms with Gasteiger partial charge >= 0.3 is 0 Å². The molecule has 8 nitrogen and oxygen atoms in total. The molecule has 0 bridgehead atoms. The third kappa shape index (κ3) is 5.62. The highest BCUT2D eigenvalue weighted by Crippen LogP contribution is 2.30. The van der Waals surface area contributed by atoms with E-state index in [1.165, 1.54) is 20.0 Å². The smallest absolute Gasteiger partial charge is 0.262 e. The molecular formula is C26H33N3O5. The number of ether oxygens (including phenoxy) is 3. The van der Waals surface area contributed by atoms with Crippen molar-refractivity contribution in [3.63, 3.8) is 0 Å². The highest BCUT2D eigenvalue weighted by Gasteiger charge is 2.31. The number of methoxy groups -OCH3 is 2. The Kier molecular flexibility index (Phi) is 7.90. The van der Waals surface area contributed by atoms with Gasteiger partial charge in [-0.05, 0) is 69.1 Å². The van der Waals surface area contributed by atoms with Gasteiger partial charge in [-0.15, -0.1) is 0 Å². The minimum absolute atomic E-state index is 0.0143. The van der Waals surface area contributed by atoms with Crippen molar-refractivity contribution in [1.29, 1.82) is 0 Å². The maximum absolute atomic E-state index is 13.3. The number of hydrogen-bond donors (Lipinski definition) is 1. The van der Waals surface area contributed by atoms with Crippen LogP contribution in [-0.4, -0.2) is 74.7 Å². The molecule has 2 saturated heterocycles. The number of rotatable bonds is 9. The highest BCUT2D eigenvalue weighted by molar-refractivity contribution is 5.95. The number of amides is 2. The summed E-state index contributed by atoms with van der Waals surface area (Å²) in [5.41, 5.74) is 1.14. The zero-order valence-electron chi connectivity index (χ0n) is 19.9. The minimum Gasteiger partial charge on any atom is -0.495 e. The quantitative estimate of drug-likeness (QED) is 0.609. The van der Waals surface area contributed by atoms with Crippen LogP contribution in [0, 0.1) is 0 Å². The van der Waals surface area contributed by atoms with E-state index < -0.39 is 0 Å². The fraction of sp³-hybridized carbons (Fsp3) is 0.462. The summed E-state index contributed by atoms with van der Waals surface area (Å²) in [6.45, 7) is 3.78. The number of benzene rings is 2. The summed E-state index contributed by atoms with van der Waals surface area (Å²) >= 11 is 0. The molecule has 2 amide bonds. The van der Waals surface area contributed by atoms with E-state index in [0.29, 0.717) is 28.5 Å². The van der Waals surface area contributed by atoms with E-state index in [-0.39, 0.29) is 24.5 Å². The molecule has 4 rings (SSSR count). The molecular weight excluding hydrogens is 434 g/mol. The van der Waals surface area contributed by atoms with E-state index in [1.807, 2.05) is 17.0 Å². The molecule has 2 aliphatic heterocycles. The van der Waals surface area contributed by atoms with Gasteiger partial charge in [0.1, 0.15) is 5.75 Å². The predicted molar refractivity (Wildman–Crippen MR) is 130 cm³/mol. The fourth-order valence-electron chi connectivity index (χ4n) is 4.72. The number of carbonyl (C=O) groups excluding carboxylic acids is 2. The number of nitrogens with zero attached hydrogens (tertiary/aromatic N) is 2. The molecule has 2 aromatic rings. The van der Waals surface area contributed by atoms with Crippen molar-refractivity contribution in [3.8, 4) is 17.2 Å². The number of carbonyl (C=O) groups is 2. The molecule has 1 atom stereocenters. The standard InChI is InChI=1S/C26H33N3O5/c1-32-22-10-4-3-9-21(22)27-25(30)18-34-23-12-11-19(16-24(23)33-2)26(31)29-15-7-8-20(29)17-28-13-5-6-14-28/h3-4,9-12,16,20H,5-8,13-15,17-18H2,1-2H3,(H,27,30). The monoisotopic (exact) mass is 467 g/mol. The molecule has 0 radical (unpaired) electrons. The van der Waals surface area contributed by atoms with Gasteiger partial charge in [0.2, 0.25) is 0 Å². The summed E-state index contributed by atoms with van der Waals surface area (Å²) in [6, 6.07) is 12.5. The second-order valence-corrected chi connectivity index (χ2v) is 8.71. The van der Waals surface area contributed by atoms with Crippen molar-refractivity contribution in [3.05, 3.63) is 48.0 Å². The SMILES string of the molecule is COc1ccccc1NC(=O)COc1ccc(C(=O)N2CCCC2CN2CCCC2)cc1OC. The lowest BCUT2D eigenvalue weighted by molar-refractivity contribution is -0.118. The Morgan fingerprint density at radius 1 is 0.941 bits per heavy atom. The lowest BCUT2D eigenvalue weighted by Crippen LogP contribution is -2.42. The van der Waals surface area contributed by atoms with Gasteiger partial charge in [-0.3, -0.25) is 9.59 Å². The summed E-state index contributed by atoms with van der Waals surface area (Å²) < 4.78 is 16.4. The van der Waals surface area contributed by atoms with Crippen molar-refractivity contribution in [2.75, 3.05) is 52.3 Å². The summed E-state index contributed by atoms with van der Waals surface area (Å²) in [5.74, 6) is 1.09. The Balaban J connectivity index is 1.38. The van der Waals surface area contributed by atoms with Crippen LogP contribution >= 0.6 is 0 Å². The van der Waals surface area contributed by atoms with Crippen LogP contribution in [0.5, 0.6) is 17.2 Å². The molecule has 1 N–H and O–H groups in total. The molecule has 8 heteroatoms. The first-order valence-corrected chi connectivity index (χ1v) is 11.9. The Morgan fingerprint density at radius 2 is 1.71 bits per heavy atom. The molecule has 0 aliphatic carbocycles. The van der Waals surface area contributed by atoms with E-state index in [1.54, 1.807) is 37.4 Å². The van der Waals surface area contributed by atoms with Gasteiger partial charge in [0.15, 0.2) is 18.1 Å². The van der Waals surface area contributed by atoms with Gasteiger partial charge < -0.3 is 29.3 Å². The zero-order chi connectivity index (χ0) is 23.9. The van der Waals surface area contributed by atoms with Crippen LogP contribution in [0.2, 0.25) is 0 Å². The second kappa shape index (κ2) is 11.2. The first-order valence-electron chi connectivity index (χ1n) is 11.9. The van der Waals surface area contributed by atoms with Gasteiger partial charge in [0, 0.05) is 24.7 Å². The van der Waals surface area contributed by atoms with Crippen LogP contribution in [-0.2, 0) is 4.79 Å². The molecule has 34 heavy (non-hydrogen) atoms. The summed E-state index contributed by atoms with van der Waals surface area (Å²) in [6.07, 6.45) is 4.57. The Hall–Kier alpha value is -3.26.